The molecule has 1 heterocycles. The van der Waals surface area contributed by atoms with Crippen molar-refractivity contribution in [2.24, 2.45) is 16.7 Å². The van der Waals surface area contributed by atoms with E-state index in [0.717, 1.165) is 38.3 Å². The first-order chi connectivity index (χ1) is 12.9. The smallest absolute Gasteiger partial charge is 0.317 e. The average Bonchev–Trinajstić information content (AvgIpc) is 3.01. The molecule has 2 saturated carbocycles. The van der Waals surface area contributed by atoms with Crippen LogP contribution in [0.5, 0.6) is 0 Å². The molecule has 2 bridgehead atoms. The third kappa shape index (κ3) is 3.37. The summed E-state index contributed by atoms with van der Waals surface area (Å²) < 4.78 is 6.06. The fraction of sp³-hybridized carbons (Fsp3) is 0.696. The maximum absolute atomic E-state index is 12.8. The molecule has 0 spiro atoms. The molecule has 1 aliphatic heterocycles. The number of amides is 2. The van der Waals surface area contributed by atoms with E-state index in [0.29, 0.717) is 18.1 Å². The van der Waals surface area contributed by atoms with Gasteiger partial charge < -0.3 is 15.0 Å². The average molecular weight is 371 g/mol. The quantitative estimate of drug-likeness (QED) is 0.842. The molecule has 2 aliphatic carbocycles. The number of nitrogens with one attached hydrogen (secondary N) is 1. The van der Waals surface area contributed by atoms with Gasteiger partial charge in [-0.15, -0.1) is 0 Å². The minimum Gasteiger partial charge on any atom is -0.373 e. The van der Waals surface area contributed by atoms with Gasteiger partial charge in [-0.05, 0) is 54.4 Å². The maximum Gasteiger partial charge on any atom is 0.317 e. The molecule has 4 heteroatoms. The van der Waals surface area contributed by atoms with E-state index < -0.39 is 0 Å². The first-order valence-corrected chi connectivity index (χ1v) is 10.6. The Morgan fingerprint density at radius 1 is 1.15 bits per heavy atom. The van der Waals surface area contributed by atoms with Crippen molar-refractivity contribution in [3.8, 4) is 0 Å². The third-order valence-corrected chi connectivity index (χ3v) is 8.15. The van der Waals surface area contributed by atoms with Gasteiger partial charge in [0, 0.05) is 19.1 Å². The van der Waals surface area contributed by atoms with Crippen LogP contribution < -0.4 is 5.32 Å². The predicted molar refractivity (Wildman–Crippen MR) is 107 cm³/mol. The van der Waals surface area contributed by atoms with E-state index in [-0.39, 0.29) is 17.6 Å². The van der Waals surface area contributed by atoms with Crippen molar-refractivity contribution in [2.75, 3.05) is 13.1 Å². The minimum atomic E-state index is 0.131. The molecule has 0 aromatic heterocycles. The van der Waals surface area contributed by atoms with Crippen LogP contribution in [0.4, 0.5) is 4.79 Å². The summed E-state index contributed by atoms with van der Waals surface area (Å²) in [6, 6.07) is 10.8. The molecule has 4 rings (SSSR count). The SMILES string of the molecule is CC1(C)[C@H]2CC[C@@]1(C)[C@H](NC(=O)N1CCC(OCc3ccccc3)CC1)C2. The van der Waals surface area contributed by atoms with Gasteiger partial charge in [-0.1, -0.05) is 51.1 Å². The number of urea groups is 1. The Labute approximate surface area is 163 Å². The lowest BCUT2D eigenvalue weighted by atomic mass is 9.69. The number of likely N-dealkylation sites (tertiary alicyclic amines) is 1. The second kappa shape index (κ2) is 7.12. The van der Waals surface area contributed by atoms with Gasteiger partial charge >= 0.3 is 6.03 Å². The Kier molecular flexibility index (Phi) is 4.96. The highest BCUT2D eigenvalue weighted by Gasteiger charge is 2.61. The molecule has 0 unspecified atom stereocenters. The molecule has 0 radical (unpaired) electrons. The molecule has 148 valence electrons. The predicted octanol–water partition coefficient (Wildman–Crippen LogP) is 4.59. The number of benzene rings is 1. The summed E-state index contributed by atoms with van der Waals surface area (Å²) in [4.78, 5) is 14.8. The van der Waals surface area contributed by atoms with E-state index in [1.165, 1.54) is 18.4 Å². The van der Waals surface area contributed by atoms with Gasteiger partial charge in [-0.2, -0.15) is 0 Å². The topological polar surface area (TPSA) is 41.6 Å². The van der Waals surface area contributed by atoms with Crippen molar-refractivity contribution in [2.45, 2.75) is 71.6 Å². The Morgan fingerprint density at radius 3 is 2.44 bits per heavy atom. The number of fused-ring (bicyclic) bond motifs is 2. The maximum atomic E-state index is 12.8. The normalized spacial score (nSPS) is 32.6. The Balaban J connectivity index is 1.25. The molecule has 1 aromatic carbocycles. The van der Waals surface area contributed by atoms with E-state index in [1.54, 1.807) is 0 Å². The lowest BCUT2D eigenvalue weighted by Crippen LogP contribution is -2.53. The fourth-order valence-electron chi connectivity index (χ4n) is 5.68. The van der Waals surface area contributed by atoms with Crippen LogP contribution in [0.3, 0.4) is 0 Å². The lowest BCUT2D eigenvalue weighted by Gasteiger charge is -2.41. The van der Waals surface area contributed by atoms with E-state index in [9.17, 15) is 4.79 Å². The minimum absolute atomic E-state index is 0.131. The zero-order valence-corrected chi connectivity index (χ0v) is 17.0. The largest absolute Gasteiger partial charge is 0.373 e. The number of carbonyl (C=O) groups is 1. The van der Waals surface area contributed by atoms with Crippen LogP contribution in [0.2, 0.25) is 0 Å². The highest BCUT2D eigenvalue weighted by Crippen LogP contribution is 2.65. The number of piperidine rings is 1. The molecule has 27 heavy (non-hydrogen) atoms. The zero-order chi connectivity index (χ0) is 19.1. The van der Waals surface area contributed by atoms with Crippen LogP contribution in [0, 0.1) is 16.7 Å². The number of hydrogen-bond donors (Lipinski definition) is 1. The van der Waals surface area contributed by atoms with Gasteiger partial charge in [0.15, 0.2) is 0 Å². The summed E-state index contributed by atoms with van der Waals surface area (Å²) in [5, 5.41) is 3.39. The molecular weight excluding hydrogens is 336 g/mol. The second-order valence-electron chi connectivity index (χ2n) is 9.60. The first-order valence-electron chi connectivity index (χ1n) is 10.6. The molecule has 3 aliphatic rings. The zero-order valence-electron chi connectivity index (χ0n) is 17.0. The van der Waals surface area contributed by atoms with Crippen molar-refractivity contribution in [1.29, 1.82) is 0 Å². The van der Waals surface area contributed by atoms with Gasteiger partial charge in [0.2, 0.25) is 0 Å². The van der Waals surface area contributed by atoms with Crippen LogP contribution >= 0.6 is 0 Å². The highest BCUT2D eigenvalue weighted by molar-refractivity contribution is 5.75. The third-order valence-electron chi connectivity index (χ3n) is 8.15. The van der Waals surface area contributed by atoms with Crippen molar-refractivity contribution in [3.63, 3.8) is 0 Å². The monoisotopic (exact) mass is 370 g/mol. The molecule has 4 nitrogen and oxygen atoms in total. The fourth-order valence-corrected chi connectivity index (χ4v) is 5.68. The summed E-state index contributed by atoms with van der Waals surface area (Å²) in [6.45, 7) is 9.42. The van der Waals surface area contributed by atoms with Crippen LogP contribution in [0.25, 0.3) is 0 Å². The van der Waals surface area contributed by atoms with Crippen molar-refractivity contribution in [1.82, 2.24) is 10.2 Å². The molecule has 1 N–H and O–H groups in total. The van der Waals surface area contributed by atoms with Crippen molar-refractivity contribution >= 4 is 6.03 Å². The number of nitrogens with zero attached hydrogens (tertiary/aromatic N) is 1. The standard InChI is InChI=1S/C23H34N2O2/c1-22(2)18-9-12-23(22,3)20(15-18)24-21(26)25-13-10-19(11-14-25)27-16-17-7-5-4-6-8-17/h4-8,18-20H,9-16H2,1-3H3,(H,24,26)/t18-,20+,23-/m0/s1. The van der Waals surface area contributed by atoms with Gasteiger partial charge in [-0.3, -0.25) is 0 Å². The van der Waals surface area contributed by atoms with Crippen LogP contribution in [0.15, 0.2) is 30.3 Å². The Bertz CT molecular complexity index is 666. The number of carbonyl (C=O) groups excluding carboxylic acids is 1. The van der Waals surface area contributed by atoms with Crippen molar-refractivity contribution < 1.29 is 9.53 Å². The molecular formula is C23H34N2O2. The first kappa shape index (κ1) is 18.8. The van der Waals surface area contributed by atoms with Crippen LogP contribution in [0.1, 0.15) is 58.4 Å². The van der Waals surface area contributed by atoms with E-state index in [2.05, 4.69) is 38.2 Å². The van der Waals surface area contributed by atoms with E-state index in [1.807, 2.05) is 23.1 Å². The summed E-state index contributed by atoms with van der Waals surface area (Å²) in [5.74, 6) is 0.755. The van der Waals surface area contributed by atoms with Gasteiger partial charge in [0.25, 0.3) is 0 Å². The Hall–Kier alpha value is -1.55. The number of hydrogen-bond acceptors (Lipinski definition) is 2. The van der Waals surface area contributed by atoms with Crippen molar-refractivity contribution in [3.05, 3.63) is 35.9 Å². The Morgan fingerprint density at radius 2 is 1.85 bits per heavy atom. The van der Waals surface area contributed by atoms with E-state index >= 15 is 0 Å². The lowest BCUT2D eigenvalue weighted by molar-refractivity contribution is 0.00374. The van der Waals surface area contributed by atoms with Crippen LogP contribution in [-0.2, 0) is 11.3 Å². The van der Waals surface area contributed by atoms with Crippen LogP contribution in [-0.4, -0.2) is 36.2 Å². The summed E-state index contributed by atoms with van der Waals surface area (Å²) in [6.07, 6.45) is 5.82. The summed E-state index contributed by atoms with van der Waals surface area (Å²) in [5.41, 5.74) is 1.79. The molecule has 2 amide bonds. The molecule has 3 fully saturated rings. The highest BCUT2D eigenvalue weighted by atomic mass is 16.5. The number of ether oxygens (including phenoxy) is 1. The molecule has 1 saturated heterocycles. The molecule has 3 atom stereocenters. The van der Waals surface area contributed by atoms with Gasteiger partial charge in [0.05, 0.1) is 12.7 Å². The molecule has 1 aromatic rings. The van der Waals surface area contributed by atoms with Gasteiger partial charge in [-0.25, -0.2) is 4.79 Å². The summed E-state index contributed by atoms with van der Waals surface area (Å²) >= 11 is 0. The summed E-state index contributed by atoms with van der Waals surface area (Å²) in [7, 11) is 0. The van der Waals surface area contributed by atoms with Gasteiger partial charge in [0.1, 0.15) is 0 Å². The van der Waals surface area contributed by atoms with E-state index in [4.69, 9.17) is 4.74 Å². The number of rotatable bonds is 4. The second-order valence-corrected chi connectivity index (χ2v) is 9.60.